The van der Waals surface area contributed by atoms with Crippen molar-refractivity contribution in [3.63, 3.8) is 0 Å². The highest BCUT2D eigenvalue weighted by Crippen LogP contribution is 2.35. The lowest BCUT2D eigenvalue weighted by Crippen LogP contribution is -2.49. The Bertz CT molecular complexity index is 861. The van der Waals surface area contributed by atoms with Crippen LogP contribution in [0.3, 0.4) is 0 Å². The van der Waals surface area contributed by atoms with E-state index in [2.05, 4.69) is 28.0 Å². The lowest BCUT2D eigenvalue weighted by Gasteiger charge is -2.37. The van der Waals surface area contributed by atoms with E-state index in [-0.39, 0.29) is 6.61 Å². The summed E-state index contributed by atoms with van der Waals surface area (Å²) in [4.78, 5) is 4.63. The molecule has 2 aromatic carbocycles. The van der Waals surface area contributed by atoms with Crippen molar-refractivity contribution in [2.24, 2.45) is 0 Å². The largest absolute Gasteiger partial charge is 0.495 e. The van der Waals surface area contributed by atoms with Crippen LogP contribution in [-0.4, -0.2) is 62.6 Å². The molecule has 6 heteroatoms. The molecule has 0 amide bonds. The van der Waals surface area contributed by atoms with Gasteiger partial charge in [0.25, 0.3) is 0 Å². The van der Waals surface area contributed by atoms with Gasteiger partial charge in [-0.1, -0.05) is 37.5 Å². The zero-order chi connectivity index (χ0) is 22.3. The first-order chi connectivity index (χ1) is 15.6. The van der Waals surface area contributed by atoms with Crippen molar-refractivity contribution >= 4 is 11.4 Å². The molecule has 4 rings (SSSR count). The van der Waals surface area contributed by atoms with Crippen LogP contribution >= 0.6 is 0 Å². The van der Waals surface area contributed by atoms with Gasteiger partial charge in [0.1, 0.15) is 24.2 Å². The van der Waals surface area contributed by atoms with Crippen molar-refractivity contribution in [1.82, 2.24) is 4.90 Å². The number of anilines is 2. The molecule has 3 N–H and O–H groups in total. The number of hydrogen-bond donors (Lipinski definition) is 2. The number of benzene rings is 2. The third-order valence-corrected chi connectivity index (χ3v) is 6.81. The summed E-state index contributed by atoms with van der Waals surface area (Å²) in [6, 6.07) is 14.3. The van der Waals surface area contributed by atoms with E-state index in [0.29, 0.717) is 23.9 Å². The molecule has 6 nitrogen and oxygen atoms in total. The Kier molecular flexibility index (Phi) is 7.76. The molecule has 0 unspecified atom stereocenters. The zero-order valence-electron chi connectivity index (χ0n) is 19.2. The minimum absolute atomic E-state index is 0.250. The summed E-state index contributed by atoms with van der Waals surface area (Å²) in [6.45, 7) is 4.45. The molecule has 174 valence electrons. The number of aliphatic hydroxyl groups excluding tert-OH is 1. The lowest BCUT2D eigenvalue weighted by atomic mass is 9.84. The number of nitrogen functional groups attached to an aromatic ring is 1. The van der Waals surface area contributed by atoms with E-state index in [1.54, 1.807) is 7.11 Å². The van der Waals surface area contributed by atoms with Gasteiger partial charge in [-0.3, -0.25) is 4.90 Å². The van der Waals surface area contributed by atoms with E-state index in [1.165, 1.54) is 37.7 Å². The van der Waals surface area contributed by atoms with E-state index < -0.39 is 6.10 Å². The van der Waals surface area contributed by atoms with Crippen LogP contribution in [0.1, 0.15) is 43.6 Å². The van der Waals surface area contributed by atoms with Gasteiger partial charge >= 0.3 is 0 Å². The summed E-state index contributed by atoms with van der Waals surface area (Å²) in [7, 11) is 1.71. The maximum Gasteiger partial charge on any atom is 0.142 e. The van der Waals surface area contributed by atoms with Crippen molar-refractivity contribution in [3.8, 4) is 11.5 Å². The molecule has 0 spiro atoms. The number of nitrogens with zero attached hydrogens (tertiary/aromatic N) is 2. The van der Waals surface area contributed by atoms with E-state index in [4.69, 9.17) is 15.2 Å². The summed E-state index contributed by atoms with van der Waals surface area (Å²) in [5.74, 6) is 2.20. The van der Waals surface area contributed by atoms with Gasteiger partial charge in [-0.2, -0.15) is 0 Å². The highest BCUT2D eigenvalue weighted by atomic mass is 16.5. The van der Waals surface area contributed by atoms with Crippen LogP contribution < -0.4 is 20.1 Å². The van der Waals surface area contributed by atoms with Crippen LogP contribution in [0.25, 0.3) is 0 Å². The van der Waals surface area contributed by atoms with Crippen LogP contribution in [0.2, 0.25) is 0 Å². The normalized spacial score (nSPS) is 19.0. The molecule has 1 aliphatic carbocycles. The van der Waals surface area contributed by atoms with Crippen molar-refractivity contribution in [3.05, 3.63) is 48.0 Å². The van der Waals surface area contributed by atoms with Gasteiger partial charge < -0.3 is 25.2 Å². The van der Waals surface area contributed by atoms with Crippen LogP contribution in [0.5, 0.6) is 11.5 Å². The number of nitrogens with two attached hydrogens (primary N) is 1. The van der Waals surface area contributed by atoms with Gasteiger partial charge in [0.05, 0.1) is 18.5 Å². The Hall–Kier alpha value is -2.44. The molecule has 1 atom stereocenters. The Morgan fingerprint density at radius 3 is 2.47 bits per heavy atom. The van der Waals surface area contributed by atoms with E-state index in [9.17, 15) is 5.11 Å². The number of piperazine rings is 1. The first-order valence-electron chi connectivity index (χ1n) is 11.9. The van der Waals surface area contributed by atoms with Gasteiger partial charge in [-0.25, -0.2) is 0 Å². The fraction of sp³-hybridized carbons (Fsp3) is 0.538. The molecule has 32 heavy (non-hydrogen) atoms. The molecular weight excluding hydrogens is 402 g/mol. The Morgan fingerprint density at radius 1 is 1.00 bits per heavy atom. The summed E-state index contributed by atoms with van der Waals surface area (Å²) in [5.41, 5.74) is 9.38. The van der Waals surface area contributed by atoms with E-state index in [1.807, 2.05) is 24.3 Å². The molecule has 1 heterocycles. The van der Waals surface area contributed by atoms with Crippen LogP contribution in [0.15, 0.2) is 42.5 Å². The number of para-hydroxylation sites is 2. The number of hydrogen-bond acceptors (Lipinski definition) is 6. The summed E-state index contributed by atoms with van der Waals surface area (Å²) in [5, 5.41) is 10.5. The Balaban J connectivity index is 1.23. The topological polar surface area (TPSA) is 71.2 Å². The van der Waals surface area contributed by atoms with Crippen molar-refractivity contribution < 1.29 is 14.6 Å². The molecule has 0 aromatic heterocycles. The predicted molar refractivity (Wildman–Crippen MR) is 130 cm³/mol. The molecule has 2 aromatic rings. The SMILES string of the molecule is COc1ccccc1N1CCN(C[C@@H](O)COc2ccc(C3CCCCC3)cc2N)CC1. The van der Waals surface area contributed by atoms with Gasteiger partial charge in [0.2, 0.25) is 0 Å². The lowest BCUT2D eigenvalue weighted by molar-refractivity contribution is 0.0665. The first kappa shape index (κ1) is 22.7. The number of aliphatic hydroxyl groups is 1. The molecule has 1 aliphatic heterocycles. The number of β-amino-alcohol motifs (C(OH)–C–C–N with tert-alkyl or cyclic N) is 1. The van der Waals surface area contributed by atoms with Gasteiger partial charge in [0, 0.05) is 32.7 Å². The van der Waals surface area contributed by atoms with Crippen molar-refractivity contribution in [2.45, 2.75) is 44.1 Å². The third-order valence-electron chi connectivity index (χ3n) is 6.81. The predicted octanol–water partition coefficient (Wildman–Crippen LogP) is 3.89. The first-order valence-corrected chi connectivity index (χ1v) is 11.9. The average Bonchev–Trinajstić information content (AvgIpc) is 2.84. The summed E-state index contributed by atoms with van der Waals surface area (Å²) < 4.78 is 11.4. The molecule has 1 saturated heterocycles. The van der Waals surface area contributed by atoms with Crippen LogP contribution in [0.4, 0.5) is 11.4 Å². The molecule has 0 bridgehead atoms. The van der Waals surface area contributed by atoms with Crippen molar-refractivity contribution in [2.75, 3.05) is 57.1 Å². The maximum atomic E-state index is 10.5. The van der Waals surface area contributed by atoms with E-state index in [0.717, 1.165) is 37.6 Å². The fourth-order valence-electron chi connectivity index (χ4n) is 4.99. The average molecular weight is 440 g/mol. The van der Waals surface area contributed by atoms with Gasteiger partial charge in [-0.05, 0) is 48.6 Å². The van der Waals surface area contributed by atoms with Crippen LogP contribution in [-0.2, 0) is 0 Å². The quantitative estimate of drug-likeness (QED) is 0.608. The van der Waals surface area contributed by atoms with Crippen LogP contribution in [0, 0.1) is 0 Å². The van der Waals surface area contributed by atoms with Gasteiger partial charge in [0.15, 0.2) is 0 Å². The highest BCUT2D eigenvalue weighted by molar-refractivity contribution is 5.58. The fourth-order valence-corrected chi connectivity index (χ4v) is 4.99. The zero-order valence-corrected chi connectivity index (χ0v) is 19.2. The highest BCUT2D eigenvalue weighted by Gasteiger charge is 2.22. The number of rotatable bonds is 8. The number of methoxy groups -OCH3 is 1. The summed E-state index contributed by atoms with van der Waals surface area (Å²) in [6.07, 6.45) is 5.92. The van der Waals surface area contributed by atoms with Gasteiger partial charge in [-0.15, -0.1) is 0 Å². The Labute approximate surface area is 191 Å². The molecule has 0 radical (unpaired) electrons. The third kappa shape index (κ3) is 5.67. The molecule has 2 fully saturated rings. The molecule has 1 saturated carbocycles. The van der Waals surface area contributed by atoms with Crippen molar-refractivity contribution in [1.29, 1.82) is 0 Å². The monoisotopic (exact) mass is 439 g/mol. The summed E-state index contributed by atoms with van der Waals surface area (Å²) >= 11 is 0. The molecule has 2 aliphatic rings. The Morgan fingerprint density at radius 2 is 1.75 bits per heavy atom. The minimum Gasteiger partial charge on any atom is -0.495 e. The second-order valence-electron chi connectivity index (χ2n) is 9.06. The van der Waals surface area contributed by atoms with E-state index >= 15 is 0 Å². The molecular formula is C26H37N3O3. The minimum atomic E-state index is -0.551. The smallest absolute Gasteiger partial charge is 0.142 e. The maximum absolute atomic E-state index is 10.5. The second-order valence-corrected chi connectivity index (χ2v) is 9.06. The second kappa shape index (κ2) is 10.9. The standard InChI is InChI=1S/C26H37N3O3/c1-31-26-10-6-5-9-24(26)29-15-13-28(14-16-29)18-22(30)19-32-25-12-11-21(17-23(25)27)20-7-3-2-4-8-20/h5-6,9-12,17,20,22,30H,2-4,7-8,13-16,18-19,27H2,1H3/t22-/m1/s1. The number of ether oxygens (including phenoxy) is 2.